The molecule has 2 unspecified atom stereocenters. The van der Waals surface area contributed by atoms with Crippen molar-refractivity contribution in [2.75, 3.05) is 52.4 Å². The van der Waals surface area contributed by atoms with Crippen LogP contribution in [0.3, 0.4) is 0 Å². The van der Waals surface area contributed by atoms with Crippen LogP contribution in [0.15, 0.2) is 4.99 Å². The van der Waals surface area contributed by atoms with Crippen LogP contribution in [0.4, 0.5) is 0 Å². The van der Waals surface area contributed by atoms with Gasteiger partial charge in [-0.15, -0.1) is 0 Å². The molecule has 0 spiro atoms. The Morgan fingerprint density at radius 1 is 1.08 bits per heavy atom. The first-order chi connectivity index (χ1) is 11.7. The van der Waals surface area contributed by atoms with Crippen molar-refractivity contribution in [1.29, 1.82) is 0 Å². The van der Waals surface area contributed by atoms with E-state index >= 15 is 0 Å². The van der Waals surface area contributed by atoms with Gasteiger partial charge < -0.3 is 15.5 Å². The average molecular weight is 338 g/mol. The van der Waals surface area contributed by atoms with E-state index in [2.05, 4.69) is 41.2 Å². The zero-order valence-electron chi connectivity index (χ0n) is 16.2. The molecule has 140 valence electrons. The summed E-state index contributed by atoms with van der Waals surface area (Å²) in [7, 11) is 0. The van der Waals surface area contributed by atoms with Crippen molar-refractivity contribution in [3.05, 3.63) is 0 Å². The van der Waals surface area contributed by atoms with E-state index in [0.29, 0.717) is 12.0 Å². The summed E-state index contributed by atoms with van der Waals surface area (Å²) in [5.74, 6) is 1.61. The van der Waals surface area contributed by atoms with E-state index < -0.39 is 0 Å². The van der Waals surface area contributed by atoms with Crippen LogP contribution in [-0.4, -0.2) is 74.2 Å². The summed E-state index contributed by atoms with van der Waals surface area (Å²) in [5.41, 5.74) is 0. The Hall–Kier alpha value is -0.810. The quantitative estimate of drug-likeness (QED) is 0.526. The van der Waals surface area contributed by atoms with Crippen molar-refractivity contribution in [2.24, 2.45) is 10.9 Å². The SMILES string of the molecule is CCNC(=NCC(C)CN1CCCCC1)NCC1CCCN1CC. The van der Waals surface area contributed by atoms with Crippen LogP contribution < -0.4 is 10.6 Å². The molecule has 24 heavy (non-hydrogen) atoms. The molecular formula is C19H39N5. The molecule has 5 nitrogen and oxygen atoms in total. The van der Waals surface area contributed by atoms with Crippen molar-refractivity contribution in [2.45, 2.75) is 58.9 Å². The van der Waals surface area contributed by atoms with Gasteiger partial charge in [-0.05, 0) is 64.7 Å². The van der Waals surface area contributed by atoms with Crippen molar-refractivity contribution in [3.63, 3.8) is 0 Å². The normalized spacial score (nSPS) is 25.0. The number of nitrogens with zero attached hydrogens (tertiary/aromatic N) is 3. The summed E-state index contributed by atoms with van der Waals surface area (Å²) in [5, 5.41) is 6.97. The third-order valence-electron chi connectivity index (χ3n) is 5.33. The van der Waals surface area contributed by atoms with E-state index in [-0.39, 0.29) is 0 Å². The second-order valence-electron chi connectivity index (χ2n) is 7.49. The lowest BCUT2D eigenvalue weighted by atomic mass is 10.1. The molecule has 5 heteroatoms. The minimum atomic E-state index is 0.622. The molecule has 2 heterocycles. The number of piperidine rings is 1. The third kappa shape index (κ3) is 6.60. The van der Waals surface area contributed by atoms with Gasteiger partial charge in [0.05, 0.1) is 0 Å². The molecule has 0 amide bonds. The standard InChI is InChI=1S/C19H39N5/c1-4-20-19(22-15-18-10-9-13-24(18)5-2)21-14-17(3)16-23-11-7-6-8-12-23/h17-18H,4-16H2,1-3H3,(H2,20,21,22). The Morgan fingerprint density at radius 3 is 2.58 bits per heavy atom. The van der Waals surface area contributed by atoms with Gasteiger partial charge in [-0.2, -0.15) is 0 Å². The van der Waals surface area contributed by atoms with Gasteiger partial charge in [-0.25, -0.2) is 0 Å². The molecule has 0 radical (unpaired) electrons. The molecule has 0 aromatic heterocycles. The van der Waals surface area contributed by atoms with Crippen LogP contribution in [0.5, 0.6) is 0 Å². The molecule has 0 saturated carbocycles. The fourth-order valence-corrected chi connectivity index (χ4v) is 3.99. The monoisotopic (exact) mass is 337 g/mol. The van der Waals surface area contributed by atoms with Crippen LogP contribution >= 0.6 is 0 Å². The van der Waals surface area contributed by atoms with Crippen LogP contribution in [0.25, 0.3) is 0 Å². The molecule has 0 aliphatic carbocycles. The van der Waals surface area contributed by atoms with E-state index in [9.17, 15) is 0 Å². The first-order valence-corrected chi connectivity index (χ1v) is 10.2. The largest absolute Gasteiger partial charge is 0.357 e. The van der Waals surface area contributed by atoms with Crippen LogP contribution in [0.1, 0.15) is 52.9 Å². The van der Waals surface area contributed by atoms with E-state index in [0.717, 1.165) is 32.1 Å². The Morgan fingerprint density at radius 2 is 1.88 bits per heavy atom. The molecule has 2 N–H and O–H groups in total. The van der Waals surface area contributed by atoms with E-state index in [1.54, 1.807) is 0 Å². The highest BCUT2D eigenvalue weighted by atomic mass is 15.2. The zero-order chi connectivity index (χ0) is 17.2. The molecular weight excluding hydrogens is 298 g/mol. The Labute approximate surface area is 149 Å². The zero-order valence-corrected chi connectivity index (χ0v) is 16.2. The molecule has 2 rings (SSSR count). The number of likely N-dealkylation sites (N-methyl/N-ethyl adjacent to an activating group) is 1. The Bertz CT molecular complexity index is 365. The second-order valence-corrected chi connectivity index (χ2v) is 7.49. The first-order valence-electron chi connectivity index (χ1n) is 10.2. The van der Waals surface area contributed by atoms with Gasteiger partial charge >= 0.3 is 0 Å². The number of likely N-dealkylation sites (tertiary alicyclic amines) is 2. The summed E-state index contributed by atoms with van der Waals surface area (Å²) in [6.07, 6.45) is 6.80. The smallest absolute Gasteiger partial charge is 0.191 e. The fourth-order valence-electron chi connectivity index (χ4n) is 3.99. The molecule has 2 aliphatic rings. The third-order valence-corrected chi connectivity index (χ3v) is 5.33. The van der Waals surface area contributed by atoms with Gasteiger partial charge in [0.2, 0.25) is 0 Å². The highest BCUT2D eigenvalue weighted by molar-refractivity contribution is 5.79. The maximum Gasteiger partial charge on any atom is 0.191 e. The van der Waals surface area contributed by atoms with Crippen molar-refractivity contribution < 1.29 is 0 Å². The first kappa shape index (κ1) is 19.5. The van der Waals surface area contributed by atoms with Crippen molar-refractivity contribution in [1.82, 2.24) is 20.4 Å². The predicted molar refractivity (Wildman–Crippen MR) is 104 cm³/mol. The average Bonchev–Trinajstić information content (AvgIpc) is 3.06. The number of hydrogen-bond donors (Lipinski definition) is 2. The summed E-state index contributed by atoms with van der Waals surface area (Å²) in [6.45, 7) is 15.7. The molecule has 2 fully saturated rings. The maximum absolute atomic E-state index is 4.84. The highest BCUT2D eigenvalue weighted by Gasteiger charge is 2.22. The van der Waals surface area contributed by atoms with E-state index in [1.165, 1.54) is 58.3 Å². The van der Waals surface area contributed by atoms with Crippen LogP contribution in [0, 0.1) is 5.92 Å². The van der Waals surface area contributed by atoms with Gasteiger partial charge in [0.1, 0.15) is 0 Å². The summed E-state index contributed by atoms with van der Waals surface area (Å²) >= 11 is 0. The van der Waals surface area contributed by atoms with Gasteiger partial charge in [0.25, 0.3) is 0 Å². The Kier molecular flexibility index (Phi) is 8.89. The highest BCUT2D eigenvalue weighted by Crippen LogP contribution is 2.15. The lowest BCUT2D eigenvalue weighted by Gasteiger charge is -2.28. The van der Waals surface area contributed by atoms with Crippen LogP contribution in [-0.2, 0) is 0 Å². The van der Waals surface area contributed by atoms with Gasteiger partial charge in [0.15, 0.2) is 5.96 Å². The van der Waals surface area contributed by atoms with Crippen LogP contribution in [0.2, 0.25) is 0 Å². The van der Waals surface area contributed by atoms with Crippen molar-refractivity contribution >= 4 is 5.96 Å². The number of guanidine groups is 1. The molecule has 2 saturated heterocycles. The van der Waals surface area contributed by atoms with Crippen molar-refractivity contribution in [3.8, 4) is 0 Å². The topological polar surface area (TPSA) is 42.9 Å². The second kappa shape index (κ2) is 10.9. The minimum Gasteiger partial charge on any atom is -0.357 e. The minimum absolute atomic E-state index is 0.622. The lowest BCUT2D eigenvalue weighted by Crippen LogP contribution is -2.45. The van der Waals surface area contributed by atoms with Gasteiger partial charge in [0, 0.05) is 32.2 Å². The summed E-state index contributed by atoms with van der Waals surface area (Å²) in [6, 6.07) is 0.671. The molecule has 0 bridgehead atoms. The molecule has 0 aromatic carbocycles. The molecule has 2 aliphatic heterocycles. The maximum atomic E-state index is 4.84. The van der Waals surface area contributed by atoms with E-state index in [1.807, 2.05) is 0 Å². The number of aliphatic imine (C=N–C) groups is 1. The van der Waals surface area contributed by atoms with Gasteiger partial charge in [-0.1, -0.05) is 20.3 Å². The fraction of sp³-hybridized carbons (Fsp3) is 0.947. The van der Waals surface area contributed by atoms with Gasteiger partial charge in [-0.3, -0.25) is 9.89 Å². The van der Waals surface area contributed by atoms with E-state index in [4.69, 9.17) is 4.99 Å². The molecule has 2 atom stereocenters. The summed E-state index contributed by atoms with van der Waals surface area (Å²) < 4.78 is 0. The number of rotatable bonds is 8. The summed E-state index contributed by atoms with van der Waals surface area (Å²) in [4.78, 5) is 10.0. The molecule has 0 aromatic rings. The predicted octanol–water partition coefficient (Wildman–Crippen LogP) is 2.15. The Balaban J connectivity index is 1.74. The lowest BCUT2D eigenvalue weighted by molar-refractivity contribution is 0.203. The number of nitrogens with one attached hydrogen (secondary N) is 2. The number of hydrogen-bond acceptors (Lipinski definition) is 3.